The molecule has 6 heteroatoms. The van der Waals surface area contributed by atoms with Gasteiger partial charge in [0.2, 0.25) is 5.91 Å². The van der Waals surface area contributed by atoms with Crippen LogP contribution in [0.5, 0.6) is 0 Å². The number of aryl methyl sites for hydroxylation is 2. The van der Waals surface area contributed by atoms with Crippen LogP contribution in [0.1, 0.15) is 17.5 Å². The lowest BCUT2D eigenvalue weighted by molar-refractivity contribution is -0.116. The lowest BCUT2D eigenvalue weighted by Crippen LogP contribution is -2.20. The molecule has 0 aromatic heterocycles. The third kappa shape index (κ3) is 2.96. The van der Waals surface area contributed by atoms with E-state index in [-0.39, 0.29) is 10.8 Å². The molecule has 0 radical (unpaired) electrons. The van der Waals surface area contributed by atoms with E-state index < -0.39 is 10.0 Å². The van der Waals surface area contributed by atoms with Crippen LogP contribution in [-0.4, -0.2) is 14.3 Å². The van der Waals surface area contributed by atoms with Crippen molar-refractivity contribution in [3.05, 3.63) is 53.6 Å². The van der Waals surface area contributed by atoms with Gasteiger partial charge in [-0.2, -0.15) is 0 Å². The van der Waals surface area contributed by atoms with E-state index in [9.17, 15) is 13.2 Å². The quantitative estimate of drug-likeness (QED) is 0.914. The van der Waals surface area contributed by atoms with Crippen molar-refractivity contribution in [1.29, 1.82) is 0 Å². The second kappa shape index (κ2) is 5.46. The topological polar surface area (TPSA) is 75.3 Å². The van der Waals surface area contributed by atoms with E-state index in [0.29, 0.717) is 24.2 Å². The molecule has 5 nitrogen and oxygen atoms in total. The standard InChI is InChI=1S/C16H16N2O3S/c1-11-2-5-13(6-3-11)18-22(20,21)14-7-8-15-12(10-14)4-9-16(19)17-15/h2-3,5-8,10,18H,4,9H2,1H3,(H,17,19). The van der Waals surface area contributed by atoms with Gasteiger partial charge in [-0.05, 0) is 49.2 Å². The fourth-order valence-corrected chi connectivity index (χ4v) is 3.47. The summed E-state index contributed by atoms with van der Waals surface area (Å²) in [7, 11) is -3.64. The lowest BCUT2D eigenvalue weighted by Gasteiger charge is -2.17. The van der Waals surface area contributed by atoms with Crippen molar-refractivity contribution in [2.24, 2.45) is 0 Å². The minimum atomic E-state index is -3.64. The third-order valence-electron chi connectivity index (χ3n) is 3.59. The molecule has 22 heavy (non-hydrogen) atoms. The number of hydrogen-bond donors (Lipinski definition) is 2. The number of rotatable bonds is 3. The molecular formula is C16H16N2O3S. The second-order valence-electron chi connectivity index (χ2n) is 5.34. The largest absolute Gasteiger partial charge is 0.326 e. The fourth-order valence-electron chi connectivity index (χ4n) is 2.36. The summed E-state index contributed by atoms with van der Waals surface area (Å²) in [5.41, 5.74) is 3.11. The monoisotopic (exact) mass is 316 g/mol. The number of carbonyl (C=O) groups is 1. The minimum absolute atomic E-state index is 0.0408. The Morgan fingerprint density at radius 2 is 1.77 bits per heavy atom. The molecule has 0 spiro atoms. The Bertz CT molecular complexity index is 827. The molecule has 1 heterocycles. The molecule has 0 saturated heterocycles. The summed E-state index contributed by atoms with van der Waals surface area (Å²) in [4.78, 5) is 11.5. The van der Waals surface area contributed by atoms with Crippen molar-refractivity contribution in [2.75, 3.05) is 10.0 Å². The first-order valence-electron chi connectivity index (χ1n) is 6.96. The SMILES string of the molecule is Cc1ccc(NS(=O)(=O)c2ccc3c(c2)CCC(=O)N3)cc1. The smallest absolute Gasteiger partial charge is 0.261 e. The van der Waals surface area contributed by atoms with Gasteiger partial charge in [-0.15, -0.1) is 0 Å². The average Bonchev–Trinajstić information content (AvgIpc) is 2.49. The molecule has 1 aliphatic rings. The third-order valence-corrected chi connectivity index (χ3v) is 4.97. The summed E-state index contributed by atoms with van der Waals surface area (Å²) in [5.74, 6) is -0.0408. The first-order valence-corrected chi connectivity index (χ1v) is 8.45. The highest BCUT2D eigenvalue weighted by molar-refractivity contribution is 7.92. The maximum absolute atomic E-state index is 12.4. The van der Waals surface area contributed by atoms with Crippen LogP contribution in [0.15, 0.2) is 47.4 Å². The molecule has 0 fully saturated rings. The van der Waals surface area contributed by atoms with Gasteiger partial charge in [-0.25, -0.2) is 8.42 Å². The predicted octanol–water partition coefficient (Wildman–Crippen LogP) is 2.68. The predicted molar refractivity (Wildman–Crippen MR) is 85.4 cm³/mol. The molecular weight excluding hydrogens is 300 g/mol. The Kier molecular flexibility index (Phi) is 3.62. The molecule has 0 aliphatic carbocycles. The molecule has 3 rings (SSSR count). The van der Waals surface area contributed by atoms with Crippen LogP contribution in [0, 0.1) is 6.92 Å². The second-order valence-corrected chi connectivity index (χ2v) is 7.02. The van der Waals surface area contributed by atoms with Crippen molar-refractivity contribution in [3.63, 3.8) is 0 Å². The van der Waals surface area contributed by atoms with Gasteiger partial charge in [-0.1, -0.05) is 17.7 Å². The van der Waals surface area contributed by atoms with Gasteiger partial charge in [0, 0.05) is 17.8 Å². The van der Waals surface area contributed by atoms with Gasteiger partial charge in [0.25, 0.3) is 10.0 Å². The molecule has 2 aromatic carbocycles. The number of benzene rings is 2. The zero-order valence-corrected chi connectivity index (χ0v) is 12.9. The Morgan fingerprint density at radius 3 is 2.50 bits per heavy atom. The number of hydrogen-bond acceptors (Lipinski definition) is 3. The molecule has 0 bridgehead atoms. The van der Waals surface area contributed by atoms with E-state index in [1.54, 1.807) is 24.3 Å². The molecule has 2 aromatic rings. The first kappa shape index (κ1) is 14.6. The van der Waals surface area contributed by atoms with Crippen LogP contribution in [-0.2, 0) is 21.2 Å². The Labute approximate surface area is 129 Å². The zero-order chi connectivity index (χ0) is 15.7. The maximum Gasteiger partial charge on any atom is 0.261 e. The summed E-state index contributed by atoms with van der Waals surface area (Å²) in [6.45, 7) is 1.94. The van der Waals surface area contributed by atoms with E-state index in [2.05, 4.69) is 10.0 Å². The van der Waals surface area contributed by atoms with Crippen molar-refractivity contribution < 1.29 is 13.2 Å². The molecule has 0 saturated carbocycles. The Hall–Kier alpha value is -2.34. The summed E-state index contributed by atoms with van der Waals surface area (Å²) in [6.07, 6.45) is 0.928. The van der Waals surface area contributed by atoms with Crippen LogP contribution in [0.25, 0.3) is 0 Å². The van der Waals surface area contributed by atoms with E-state index in [1.165, 1.54) is 6.07 Å². The van der Waals surface area contributed by atoms with Crippen LogP contribution < -0.4 is 10.0 Å². The molecule has 2 N–H and O–H groups in total. The van der Waals surface area contributed by atoms with E-state index in [0.717, 1.165) is 11.1 Å². The van der Waals surface area contributed by atoms with Crippen LogP contribution in [0.3, 0.4) is 0 Å². The van der Waals surface area contributed by atoms with Crippen LogP contribution in [0.4, 0.5) is 11.4 Å². The van der Waals surface area contributed by atoms with Gasteiger partial charge >= 0.3 is 0 Å². The van der Waals surface area contributed by atoms with Crippen molar-refractivity contribution in [1.82, 2.24) is 0 Å². The zero-order valence-electron chi connectivity index (χ0n) is 12.1. The van der Waals surface area contributed by atoms with Gasteiger partial charge < -0.3 is 5.32 Å². The number of anilines is 2. The molecule has 1 aliphatic heterocycles. The molecule has 1 amide bonds. The highest BCUT2D eigenvalue weighted by Crippen LogP contribution is 2.26. The summed E-state index contributed by atoms with van der Waals surface area (Å²) in [5, 5.41) is 2.74. The molecule has 0 unspecified atom stereocenters. The van der Waals surface area contributed by atoms with Crippen molar-refractivity contribution in [3.8, 4) is 0 Å². The first-order chi connectivity index (χ1) is 10.4. The van der Waals surface area contributed by atoms with E-state index in [1.807, 2.05) is 19.1 Å². The minimum Gasteiger partial charge on any atom is -0.326 e. The number of amides is 1. The fraction of sp³-hybridized carbons (Fsp3) is 0.188. The number of carbonyl (C=O) groups excluding carboxylic acids is 1. The van der Waals surface area contributed by atoms with Gasteiger partial charge in [0.15, 0.2) is 0 Å². The summed E-state index contributed by atoms with van der Waals surface area (Å²) in [6, 6.07) is 11.9. The Morgan fingerprint density at radius 1 is 1.05 bits per heavy atom. The van der Waals surface area contributed by atoms with E-state index in [4.69, 9.17) is 0 Å². The van der Waals surface area contributed by atoms with Gasteiger partial charge in [-0.3, -0.25) is 9.52 Å². The number of nitrogens with one attached hydrogen (secondary N) is 2. The van der Waals surface area contributed by atoms with Gasteiger partial charge in [0.05, 0.1) is 4.90 Å². The lowest BCUT2D eigenvalue weighted by atomic mass is 10.0. The van der Waals surface area contributed by atoms with Crippen LogP contribution in [0.2, 0.25) is 0 Å². The average molecular weight is 316 g/mol. The maximum atomic E-state index is 12.4. The summed E-state index contributed by atoms with van der Waals surface area (Å²) < 4.78 is 27.4. The number of sulfonamides is 1. The van der Waals surface area contributed by atoms with Crippen molar-refractivity contribution >= 4 is 27.3 Å². The Balaban J connectivity index is 1.89. The van der Waals surface area contributed by atoms with Crippen molar-refractivity contribution in [2.45, 2.75) is 24.7 Å². The number of fused-ring (bicyclic) bond motifs is 1. The highest BCUT2D eigenvalue weighted by Gasteiger charge is 2.19. The normalized spacial score (nSPS) is 14.1. The summed E-state index contributed by atoms with van der Waals surface area (Å²) >= 11 is 0. The van der Waals surface area contributed by atoms with Crippen LogP contribution >= 0.6 is 0 Å². The highest BCUT2D eigenvalue weighted by atomic mass is 32.2. The van der Waals surface area contributed by atoms with Gasteiger partial charge in [0.1, 0.15) is 0 Å². The molecule has 0 atom stereocenters. The van der Waals surface area contributed by atoms with E-state index >= 15 is 0 Å². The molecule has 114 valence electrons.